The molecule has 1 aliphatic heterocycles. The van der Waals surface area contributed by atoms with Gasteiger partial charge in [0, 0.05) is 15.5 Å². The first-order chi connectivity index (χ1) is 14.8. The number of rotatable bonds is 7. The zero-order valence-electron chi connectivity index (χ0n) is 17.1. The molecule has 0 fully saturated rings. The maximum atomic E-state index is 13.2. The predicted molar refractivity (Wildman–Crippen MR) is 124 cm³/mol. The smallest absolute Gasteiger partial charge is 0.331 e. The van der Waals surface area contributed by atoms with Gasteiger partial charge in [-0.3, -0.25) is 4.90 Å². The van der Waals surface area contributed by atoms with E-state index in [1.165, 1.54) is 19.3 Å². The molecule has 0 bridgehead atoms. The van der Waals surface area contributed by atoms with Gasteiger partial charge in [0.2, 0.25) is 0 Å². The lowest BCUT2D eigenvalue weighted by Crippen LogP contribution is -2.32. The molecule has 0 aliphatic carbocycles. The van der Waals surface area contributed by atoms with E-state index in [4.69, 9.17) is 4.74 Å². The molecule has 0 unspecified atom stereocenters. The Hall–Kier alpha value is -2.92. The number of carbonyl (C=O) groups excluding carboxylic acids is 1. The Balaban J connectivity index is 1.45. The molecule has 1 N–H and O–H groups in total. The summed E-state index contributed by atoms with van der Waals surface area (Å²) >= 11 is 1.69. The zero-order valence-corrected chi connectivity index (χ0v) is 18.0. The lowest BCUT2D eigenvalue weighted by atomic mass is 10.2. The number of para-hydroxylation sites is 2. The van der Waals surface area contributed by atoms with E-state index in [1.807, 2.05) is 72.8 Å². The number of unbranched alkanes of at least 4 members (excludes halogenated alkanes) is 3. The third-order valence-electron chi connectivity index (χ3n) is 5.01. The van der Waals surface area contributed by atoms with Crippen LogP contribution in [-0.4, -0.2) is 12.6 Å². The lowest BCUT2D eigenvalue weighted by molar-refractivity contribution is 0.258. The molecule has 0 spiro atoms. The maximum absolute atomic E-state index is 13.2. The number of carbonyl (C=O) groups is 1. The van der Waals surface area contributed by atoms with E-state index in [9.17, 15) is 4.79 Å². The van der Waals surface area contributed by atoms with Crippen LogP contribution in [0.5, 0.6) is 5.75 Å². The van der Waals surface area contributed by atoms with Crippen LogP contribution >= 0.6 is 11.8 Å². The van der Waals surface area contributed by atoms with Gasteiger partial charge in [-0.05, 0) is 55.0 Å². The summed E-state index contributed by atoms with van der Waals surface area (Å²) in [4.78, 5) is 17.1. The molecule has 2 amide bonds. The van der Waals surface area contributed by atoms with Gasteiger partial charge in [0.05, 0.1) is 18.0 Å². The Labute approximate surface area is 182 Å². The average Bonchev–Trinajstić information content (AvgIpc) is 2.78. The first-order valence-electron chi connectivity index (χ1n) is 10.5. The number of anilines is 3. The summed E-state index contributed by atoms with van der Waals surface area (Å²) in [6, 6.07) is 23.4. The van der Waals surface area contributed by atoms with Crippen LogP contribution in [0.2, 0.25) is 0 Å². The molecule has 0 radical (unpaired) electrons. The minimum atomic E-state index is -0.177. The van der Waals surface area contributed by atoms with Gasteiger partial charge in [0.25, 0.3) is 0 Å². The lowest BCUT2D eigenvalue weighted by Gasteiger charge is -2.31. The second-order valence-corrected chi connectivity index (χ2v) is 8.32. The molecule has 4 rings (SSSR count). The third-order valence-corrected chi connectivity index (χ3v) is 6.14. The van der Waals surface area contributed by atoms with Crippen molar-refractivity contribution in [2.45, 2.75) is 42.4 Å². The molecule has 0 saturated heterocycles. The topological polar surface area (TPSA) is 41.6 Å². The second-order valence-electron chi connectivity index (χ2n) is 7.24. The molecule has 3 aromatic carbocycles. The van der Waals surface area contributed by atoms with Crippen LogP contribution in [0.1, 0.15) is 32.6 Å². The van der Waals surface area contributed by atoms with Gasteiger partial charge in [-0.1, -0.05) is 62.2 Å². The number of urea groups is 1. The minimum absolute atomic E-state index is 0.177. The number of benzene rings is 3. The highest BCUT2D eigenvalue weighted by molar-refractivity contribution is 7.99. The van der Waals surface area contributed by atoms with Gasteiger partial charge >= 0.3 is 6.03 Å². The molecule has 0 aromatic heterocycles. The molecule has 0 saturated carbocycles. The van der Waals surface area contributed by atoms with Crippen molar-refractivity contribution in [3.05, 3.63) is 72.8 Å². The Kier molecular flexibility index (Phi) is 6.60. The van der Waals surface area contributed by atoms with Crippen molar-refractivity contribution in [2.75, 3.05) is 16.8 Å². The van der Waals surface area contributed by atoms with Gasteiger partial charge in [0.15, 0.2) is 0 Å². The number of hydrogen-bond donors (Lipinski definition) is 1. The molecule has 1 heterocycles. The van der Waals surface area contributed by atoms with Crippen molar-refractivity contribution in [3.8, 4) is 5.75 Å². The summed E-state index contributed by atoms with van der Waals surface area (Å²) in [5.74, 6) is 0.828. The molecule has 30 heavy (non-hydrogen) atoms. The Bertz CT molecular complexity index is 959. The van der Waals surface area contributed by atoms with Crippen molar-refractivity contribution in [1.29, 1.82) is 0 Å². The van der Waals surface area contributed by atoms with Crippen LogP contribution in [0.3, 0.4) is 0 Å². The zero-order chi connectivity index (χ0) is 20.8. The highest BCUT2D eigenvalue weighted by Gasteiger charge is 2.27. The van der Waals surface area contributed by atoms with Crippen LogP contribution in [-0.2, 0) is 0 Å². The highest BCUT2D eigenvalue weighted by Crippen LogP contribution is 2.48. The van der Waals surface area contributed by atoms with E-state index >= 15 is 0 Å². The minimum Gasteiger partial charge on any atom is -0.494 e. The number of hydrogen-bond acceptors (Lipinski definition) is 3. The van der Waals surface area contributed by atoms with Crippen molar-refractivity contribution in [2.24, 2.45) is 0 Å². The molecule has 5 heteroatoms. The molecule has 154 valence electrons. The van der Waals surface area contributed by atoms with Crippen molar-refractivity contribution in [1.82, 2.24) is 0 Å². The summed E-state index contributed by atoms with van der Waals surface area (Å²) in [6.45, 7) is 2.93. The van der Waals surface area contributed by atoms with E-state index in [-0.39, 0.29) is 6.03 Å². The fraction of sp³-hybridized carbons (Fsp3) is 0.240. The van der Waals surface area contributed by atoms with Crippen molar-refractivity contribution >= 4 is 34.9 Å². The van der Waals surface area contributed by atoms with E-state index in [0.717, 1.165) is 45.6 Å². The summed E-state index contributed by atoms with van der Waals surface area (Å²) in [7, 11) is 0. The standard InChI is InChI=1S/C25H26N2O2S/c1-2-3-4-9-18-29-20-16-14-19(15-17-20)26-25(28)27-21-10-5-7-12-23(21)30-24-13-8-6-11-22(24)27/h5-8,10-17H,2-4,9,18H2,1H3,(H,26,28). The molecule has 4 nitrogen and oxygen atoms in total. The largest absolute Gasteiger partial charge is 0.494 e. The number of nitrogens with zero attached hydrogens (tertiary/aromatic N) is 1. The molecule has 0 atom stereocenters. The fourth-order valence-electron chi connectivity index (χ4n) is 3.46. The van der Waals surface area contributed by atoms with E-state index in [0.29, 0.717) is 0 Å². The Morgan fingerprint density at radius 1 is 0.867 bits per heavy atom. The second kappa shape index (κ2) is 9.72. The summed E-state index contributed by atoms with van der Waals surface area (Å²) in [5.41, 5.74) is 2.53. The monoisotopic (exact) mass is 418 g/mol. The molecule has 1 aliphatic rings. The van der Waals surface area contributed by atoms with Gasteiger partial charge in [-0.15, -0.1) is 0 Å². The van der Waals surface area contributed by atoms with Crippen molar-refractivity contribution < 1.29 is 9.53 Å². The summed E-state index contributed by atoms with van der Waals surface area (Å²) < 4.78 is 5.80. The van der Waals surface area contributed by atoms with Gasteiger partial charge in [0.1, 0.15) is 5.75 Å². The SMILES string of the molecule is CCCCCCOc1ccc(NC(=O)N2c3ccccc3Sc3ccccc32)cc1. The molecular formula is C25H26N2O2S. The van der Waals surface area contributed by atoms with Crippen LogP contribution in [0, 0.1) is 0 Å². The van der Waals surface area contributed by atoms with Crippen LogP contribution in [0.25, 0.3) is 0 Å². The van der Waals surface area contributed by atoms with Gasteiger partial charge < -0.3 is 10.1 Å². The number of fused-ring (bicyclic) bond motifs is 2. The number of nitrogens with one attached hydrogen (secondary N) is 1. The first kappa shape index (κ1) is 20.4. The average molecular weight is 419 g/mol. The Morgan fingerprint density at radius 3 is 2.13 bits per heavy atom. The maximum Gasteiger partial charge on any atom is 0.331 e. The summed E-state index contributed by atoms with van der Waals surface area (Å²) in [6.07, 6.45) is 4.73. The van der Waals surface area contributed by atoms with Gasteiger partial charge in [-0.2, -0.15) is 0 Å². The number of amides is 2. The van der Waals surface area contributed by atoms with E-state index in [1.54, 1.807) is 16.7 Å². The van der Waals surface area contributed by atoms with Gasteiger partial charge in [-0.25, -0.2) is 4.79 Å². The van der Waals surface area contributed by atoms with Crippen LogP contribution in [0.4, 0.5) is 21.9 Å². The highest BCUT2D eigenvalue weighted by atomic mass is 32.2. The third kappa shape index (κ3) is 4.62. The van der Waals surface area contributed by atoms with Crippen molar-refractivity contribution in [3.63, 3.8) is 0 Å². The Morgan fingerprint density at radius 2 is 1.50 bits per heavy atom. The quantitative estimate of drug-likeness (QED) is 0.404. The van der Waals surface area contributed by atoms with Crippen LogP contribution in [0.15, 0.2) is 82.6 Å². The van der Waals surface area contributed by atoms with E-state index < -0.39 is 0 Å². The molecule has 3 aromatic rings. The predicted octanol–water partition coefficient (Wildman–Crippen LogP) is 7.48. The summed E-state index contributed by atoms with van der Waals surface area (Å²) in [5, 5.41) is 3.03. The normalized spacial score (nSPS) is 12.1. The van der Waals surface area contributed by atoms with Crippen LogP contribution < -0.4 is 15.0 Å². The fourth-order valence-corrected chi connectivity index (χ4v) is 4.51. The van der Waals surface area contributed by atoms with E-state index in [2.05, 4.69) is 12.2 Å². The first-order valence-corrected chi connectivity index (χ1v) is 11.3. The molecular weight excluding hydrogens is 392 g/mol. The number of ether oxygens (including phenoxy) is 1.